The van der Waals surface area contributed by atoms with Gasteiger partial charge in [0.1, 0.15) is 24.3 Å². The molecular formula is C14H27ClNP2+. The molecule has 0 bridgehead atoms. The average molecular weight is 307 g/mol. The van der Waals surface area contributed by atoms with Crippen molar-refractivity contribution in [1.82, 2.24) is 5.09 Å². The first kappa shape index (κ1) is 16.6. The Hall–Kier alpha value is 0.590. The Morgan fingerprint density at radius 2 is 1.83 bits per heavy atom. The molecule has 1 nitrogen and oxygen atoms in total. The zero-order valence-electron chi connectivity index (χ0n) is 12.8. The van der Waals surface area contributed by atoms with Crippen molar-refractivity contribution in [3.05, 3.63) is 10.9 Å². The summed E-state index contributed by atoms with van der Waals surface area (Å²) < 4.78 is 0. The van der Waals surface area contributed by atoms with Crippen LogP contribution in [0.2, 0.25) is 0 Å². The highest BCUT2D eigenvalue weighted by Crippen LogP contribution is 2.50. The van der Waals surface area contributed by atoms with Gasteiger partial charge in [0, 0.05) is 24.5 Å². The van der Waals surface area contributed by atoms with E-state index in [1.807, 2.05) is 0 Å². The largest absolute Gasteiger partial charge is 0.278 e. The van der Waals surface area contributed by atoms with Gasteiger partial charge in [-0.05, 0) is 40.2 Å². The topological polar surface area (TPSA) is 12.0 Å². The molecule has 1 N–H and O–H groups in total. The van der Waals surface area contributed by atoms with E-state index in [1.54, 1.807) is 16.2 Å². The fourth-order valence-electron chi connectivity index (χ4n) is 2.29. The molecule has 104 valence electrons. The summed E-state index contributed by atoms with van der Waals surface area (Å²) in [5.41, 5.74) is 1.73. The molecule has 1 heterocycles. The molecule has 1 rings (SSSR count). The maximum atomic E-state index is 6.45. The number of allylic oxidation sites excluding steroid dienone is 2. The van der Waals surface area contributed by atoms with E-state index in [0.29, 0.717) is 5.92 Å². The van der Waals surface area contributed by atoms with Crippen molar-refractivity contribution in [2.75, 3.05) is 12.3 Å². The predicted molar refractivity (Wildman–Crippen MR) is 90.5 cm³/mol. The maximum Gasteiger partial charge on any atom is 0.127 e. The smallest absolute Gasteiger partial charge is 0.127 e. The summed E-state index contributed by atoms with van der Waals surface area (Å²) in [4.78, 5) is 0. The van der Waals surface area contributed by atoms with Gasteiger partial charge in [-0.2, -0.15) is 0 Å². The average Bonchev–Trinajstić information content (AvgIpc) is 2.39. The van der Waals surface area contributed by atoms with Gasteiger partial charge in [-0.25, -0.2) is 0 Å². The van der Waals surface area contributed by atoms with Gasteiger partial charge in [-0.3, -0.25) is 5.09 Å². The van der Waals surface area contributed by atoms with Crippen molar-refractivity contribution in [3.8, 4) is 0 Å². The molecule has 3 atom stereocenters. The Kier molecular flexibility index (Phi) is 5.88. The molecule has 0 fully saturated rings. The Morgan fingerprint density at radius 3 is 2.22 bits per heavy atom. The highest BCUT2D eigenvalue weighted by atomic mass is 35.7. The Morgan fingerprint density at radius 1 is 1.28 bits per heavy atom. The quantitative estimate of drug-likeness (QED) is 0.672. The van der Waals surface area contributed by atoms with Gasteiger partial charge < -0.3 is 0 Å². The zero-order valence-corrected chi connectivity index (χ0v) is 15.3. The van der Waals surface area contributed by atoms with Crippen molar-refractivity contribution in [1.29, 1.82) is 0 Å². The number of halogens is 1. The molecule has 0 saturated heterocycles. The molecular weight excluding hydrogens is 280 g/mol. The number of rotatable bonds is 4. The minimum absolute atomic E-state index is 0.0323. The summed E-state index contributed by atoms with van der Waals surface area (Å²) >= 11 is 6.45. The fraction of sp³-hybridized carbons (Fsp3) is 0.786. The summed E-state index contributed by atoms with van der Waals surface area (Å²) in [6.07, 6.45) is 2.38. The predicted octanol–water partition coefficient (Wildman–Crippen LogP) is 5.54. The van der Waals surface area contributed by atoms with Crippen LogP contribution in [0, 0.1) is 5.92 Å². The zero-order chi connectivity index (χ0) is 14.1. The van der Waals surface area contributed by atoms with E-state index < -0.39 is 7.43 Å². The third-order valence-electron chi connectivity index (χ3n) is 3.65. The molecule has 0 spiro atoms. The molecule has 3 unspecified atom stereocenters. The normalized spacial score (nSPS) is 25.0. The second kappa shape index (κ2) is 6.36. The van der Waals surface area contributed by atoms with E-state index in [9.17, 15) is 0 Å². The standard InChI is InChI=1S/C14H27ClNP2/c1-10-11(2)13(4)17(12(10)3)8-9-18(15)16-14(5,6)7/h10,16H,8-9H2,1-7H3/q+1. The summed E-state index contributed by atoms with van der Waals surface area (Å²) in [7, 11) is -0.581. The molecule has 0 aromatic rings. The summed E-state index contributed by atoms with van der Waals surface area (Å²) in [6.45, 7) is 15.8. The number of nitrogens with one attached hydrogen (secondary N) is 1. The Balaban J connectivity index is 2.60. The van der Waals surface area contributed by atoms with Crippen molar-refractivity contribution in [2.24, 2.45) is 5.92 Å². The van der Waals surface area contributed by atoms with Crippen LogP contribution in [0.5, 0.6) is 0 Å². The summed E-state index contributed by atoms with van der Waals surface area (Å²) in [6, 6.07) is 0. The first-order chi connectivity index (χ1) is 8.13. The van der Waals surface area contributed by atoms with Crippen molar-refractivity contribution in [2.45, 2.75) is 54.0 Å². The fourth-order valence-corrected chi connectivity index (χ4v) is 8.57. The van der Waals surface area contributed by atoms with E-state index in [-0.39, 0.29) is 13.1 Å². The third kappa shape index (κ3) is 4.31. The lowest BCUT2D eigenvalue weighted by atomic mass is 10.0. The van der Waals surface area contributed by atoms with Crippen molar-refractivity contribution < 1.29 is 0 Å². The van der Waals surface area contributed by atoms with Crippen LogP contribution in [0.25, 0.3) is 0 Å². The van der Waals surface area contributed by atoms with Gasteiger partial charge in [0.15, 0.2) is 0 Å². The van der Waals surface area contributed by atoms with Gasteiger partial charge in [0.2, 0.25) is 0 Å². The molecule has 4 heteroatoms. The number of hydrogen-bond acceptors (Lipinski definition) is 1. The second-order valence-electron chi connectivity index (χ2n) is 6.23. The third-order valence-corrected chi connectivity index (χ3v) is 9.37. The molecule has 0 radical (unpaired) electrons. The molecule has 0 saturated carbocycles. The van der Waals surface area contributed by atoms with Gasteiger partial charge >= 0.3 is 0 Å². The van der Waals surface area contributed by atoms with Crippen LogP contribution < -0.4 is 5.09 Å². The van der Waals surface area contributed by atoms with Gasteiger partial charge in [-0.15, -0.1) is 0 Å². The number of hydrogen-bond donors (Lipinski definition) is 1. The van der Waals surface area contributed by atoms with E-state index in [0.717, 1.165) is 6.16 Å². The molecule has 0 amide bonds. The first-order valence-electron chi connectivity index (χ1n) is 6.63. The highest BCUT2D eigenvalue weighted by Gasteiger charge is 2.33. The Labute approximate surface area is 120 Å². The van der Waals surface area contributed by atoms with Crippen LogP contribution >= 0.6 is 26.2 Å². The lowest BCUT2D eigenvalue weighted by Gasteiger charge is -2.23. The summed E-state index contributed by atoms with van der Waals surface area (Å²) in [5.74, 6) is 0.688. The minimum atomic E-state index is -0.549. The Bertz CT molecular complexity index is 380. The van der Waals surface area contributed by atoms with Crippen LogP contribution in [0.3, 0.4) is 0 Å². The SMILES string of the molecule is CC1=C(C)[P+](CCP(Cl)NC(C)(C)C)=C(C)C1C. The lowest BCUT2D eigenvalue weighted by Crippen LogP contribution is -2.31. The van der Waals surface area contributed by atoms with E-state index >= 15 is 0 Å². The van der Waals surface area contributed by atoms with Gasteiger partial charge in [0.25, 0.3) is 0 Å². The van der Waals surface area contributed by atoms with Crippen LogP contribution in [0.1, 0.15) is 48.5 Å². The van der Waals surface area contributed by atoms with E-state index in [4.69, 9.17) is 11.2 Å². The molecule has 0 aliphatic carbocycles. The molecule has 0 aromatic carbocycles. The van der Waals surface area contributed by atoms with Crippen LogP contribution in [-0.4, -0.2) is 23.2 Å². The monoisotopic (exact) mass is 306 g/mol. The van der Waals surface area contributed by atoms with E-state index in [1.165, 1.54) is 6.16 Å². The lowest BCUT2D eigenvalue weighted by molar-refractivity contribution is 0.531. The van der Waals surface area contributed by atoms with Gasteiger partial charge in [-0.1, -0.05) is 18.2 Å². The molecule has 18 heavy (non-hydrogen) atoms. The van der Waals surface area contributed by atoms with Crippen LogP contribution in [0.15, 0.2) is 10.9 Å². The van der Waals surface area contributed by atoms with Crippen LogP contribution in [-0.2, 0) is 0 Å². The van der Waals surface area contributed by atoms with Gasteiger partial charge in [0.05, 0.1) is 7.43 Å². The minimum Gasteiger partial charge on any atom is -0.278 e. The first-order valence-corrected chi connectivity index (χ1v) is 10.6. The van der Waals surface area contributed by atoms with Crippen molar-refractivity contribution in [3.63, 3.8) is 0 Å². The van der Waals surface area contributed by atoms with E-state index in [2.05, 4.69) is 53.6 Å². The molecule has 1 aliphatic heterocycles. The molecule has 0 aromatic heterocycles. The van der Waals surface area contributed by atoms with Crippen LogP contribution in [0.4, 0.5) is 0 Å². The second-order valence-corrected chi connectivity index (χ2v) is 11.5. The highest BCUT2D eigenvalue weighted by molar-refractivity contribution is 7.83. The molecule has 1 aliphatic rings. The summed E-state index contributed by atoms with van der Waals surface area (Å²) in [5, 5.41) is 6.85. The van der Waals surface area contributed by atoms with Crippen molar-refractivity contribution >= 4 is 31.5 Å². The maximum absolute atomic E-state index is 6.45.